The SMILES string of the molecule is Cc1cc(=O)c2c(O)c3c(cc2o1)OC(C)(C)[C@@H]1OC(=O)[C@]2(O[C@@H]2CCc2cc(N)nc(-c4cc(N)nc(CN5C=C6C=CN=C6C5)c4)c2)C2CCC(CC2)[C@H]31. The molecule has 0 amide bonds. The first kappa shape index (κ1) is 34.8. The first-order chi connectivity index (χ1) is 26.9. The van der Waals surface area contributed by atoms with Crippen molar-refractivity contribution in [2.75, 3.05) is 18.0 Å². The fraction of sp³-hybridized carbons (Fsp3) is 0.419. The van der Waals surface area contributed by atoms with Gasteiger partial charge < -0.3 is 40.1 Å². The number of carbonyl (C=O) groups excluding carboxylic acids is 1. The van der Waals surface area contributed by atoms with Gasteiger partial charge in [0, 0.05) is 53.1 Å². The van der Waals surface area contributed by atoms with Crippen LogP contribution in [-0.4, -0.2) is 61.6 Å². The predicted molar refractivity (Wildman–Crippen MR) is 209 cm³/mol. The first-order valence-corrected chi connectivity index (χ1v) is 19.5. The zero-order valence-electron chi connectivity index (χ0n) is 31.6. The topological polar surface area (TPSA) is 192 Å². The fourth-order valence-corrected chi connectivity index (χ4v) is 10.2. The number of rotatable bonds is 6. The Morgan fingerprint density at radius 2 is 1.80 bits per heavy atom. The molecule has 7 aliphatic rings. The summed E-state index contributed by atoms with van der Waals surface area (Å²) >= 11 is 0. The van der Waals surface area contributed by atoms with Crippen LogP contribution in [0.5, 0.6) is 11.5 Å². The lowest BCUT2D eigenvalue weighted by atomic mass is 9.66. The molecule has 288 valence electrons. The molecule has 56 heavy (non-hydrogen) atoms. The Kier molecular flexibility index (Phi) is 7.70. The molecule has 3 aromatic heterocycles. The van der Waals surface area contributed by atoms with Crippen molar-refractivity contribution >= 4 is 34.3 Å². The van der Waals surface area contributed by atoms with Gasteiger partial charge >= 0.3 is 5.97 Å². The number of aromatic nitrogens is 2. The Labute approximate surface area is 323 Å². The average molecular weight is 757 g/mol. The van der Waals surface area contributed by atoms with Crippen molar-refractivity contribution in [3.8, 4) is 22.8 Å². The lowest BCUT2D eigenvalue weighted by molar-refractivity contribution is -0.172. The van der Waals surface area contributed by atoms with Gasteiger partial charge in [-0.05, 0) is 101 Å². The number of phenolic OH excluding ortho intramolecular Hbond substituents is 1. The summed E-state index contributed by atoms with van der Waals surface area (Å²) in [5, 5.41) is 11.8. The molecule has 3 saturated heterocycles. The molecule has 0 unspecified atom stereocenters. The van der Waals surface area contributed by atoms with E-state index in [4.69, 9.17) is 30.1 Å². The molecule has 4 aromatic rings. The largest absolute Gasteiger partial charge is 0.507 e. The number of phenols is 1. The van der Waals surface area contributed by atoms with E-state index in [1.807, 2.05) is 50.4 Å². The summed E-state index contributed by atoms with van der Waals surface area (Å²) < 4.78 is 25.4. The van der Waals surface area contributed by atoms with Gasteiger partial charge in [0.25, 0.3) is 0 Å². The number of nitrogen functional groups attached to an aromatic ring is 2. The lowest BCUT2D eigenvalue weighted by Crippen LogP contribution is -2.53. The zero-order valence-corrected chi connectivity index (χ0v) is 31.6. The van der Waals surface area contributed by atoms with Crippen LogP contribution >= 0.6 is 0 Å². The molecule has 5 N–H and O–H groups in total. The van der Waals surface area contributed by atoms with E-state index in [1.165, 1.54) is 6.07 Å². The molecule has 13 nitrogen and oxygen atoms in total. The van der Waals surface area contributed by atoms with Gasteiger partial charge in [-0.1, -0.05) is 0 Å². The van der Waals surface area contributed by atoms with Crippen LogP contribution in [0.4, 0.5) is 11.6 Å². The number of allylic oxidation sites excluding steroid dienone is 1. The number of benzene rings is 1. The first-order valence-electron chi connectivity index (χ1n) is 19.5. The minimum atomic E-state index is -1.07. The minimum absolute atomic E-state index is 0.00896. The number of aliphatic imine (C=N–C) groups is 1. The highest BCUT2D eigenvalue weighted by Gasteiger charge is 2.69. The normalized spacial score (nSPS) is 28.1. The second kappa shape index (κ2) is 12.4. The number of hydrogen-bond donors (Lipinski definition) is 3. The van der Waals surface area contributed by atoms with Crippen molar-refractivity contribution in [3.05, 3.63) is 93.3 Å². The van der Waals surface area contributed by atoms with Crippen molar-refractivity contribution in [2.45, 2.75) is 95.2 Å². The smallest absolute Gasteiger partial charge is 0.341 e. The molecule has 11 rings (SSSR count). The quantitative estimate of drug-likeness (QED) is 0.157. The summed E-state index contributed by atoms with van der Waals surface area (Å²) in [6, 6.07) is 10.8. The average Bonchev–Trinajstić information content (AvgIpc) is 3.48. The Hall–Kier alpha value is -5.69. The number of nitrogens with zero attached hydrogens (tertiary/aromatic N) is 4. The molecule has 6 aliphatic heterocycles. The van der Waals surface area contributed by atoms with Crippen molar-refractivity contribution in [2.24, 2.45) is 16.8 Å². The molecule has 1 saturated carbocycles. The summed E-state index contributed by atoms with van der Waals surface area (Å²) in [6.45, 7) is 6.81. The number of esters is 1. The van der Waals surface area contributed by atoms with E-state index >= 15 is 0 Å². The Morgan fingerprint density at radius 3 is 2.61 bits per heavy atom. The van der Waals surface area contributed by atoms with Gasteiger partial charge in [-0.3, -0.25) is 9.79 Å². The van der Waals surface area contributed by atoms with E-state index in [0.717, 1.165) is 60.3 Å². The standard InChI is InChI=1S/C43H44N6O7/c1-21-12-30(50)37-31(53-21)17-32-38(39(37)51)36-23-5-7-26(8-6-23)43(41(52)54-40(36)42(2,3)55-32)33(56-43)9-4-22-13-28(48-34(44)14-22)25-15-27(47-35(45)16-25)19-49-18-24-10-11-46-29(24)20-49/h10-18,23,26,33,36,40,51H,4-9,19-20H2,1-3H3,(H2,44,48)(H2,45,47)/t23?,26?,33-,36-,40-,43+/m1/s1. The van der Waals surface area contributed by atoms with Crippen LogP contribution in [0.25, 0.3) is 22.2 Å². The maximum absolute atomic E-state index is 14.5. The second-order valence-electron chi connectivity index (χ2n) is 16.8. The van der Waals surface area contributed by atoms with Gasteiger partial charge in [0.1, 0.15) is 51.6 Å². The number of anilines is 2. The number of carbonyl (C=O) groups is 1. The summed E-state index contributed by atoms with van der Waals surface area (Å²) in [5.41, 5.74) is 16.6. The molecule has 0 radical (unpaired) electrons. The van der Waals surface area contributed by atoms with Crippen LogP contribution in [0.1, 0.15) is 74.5 Å². The Morgan fingerprint density at radius 1 is 1.00 bits per heavy atom. The molecule has 4 atom stereocenters. The van der Waals surface area contributed by atoms with Crippen LogP contribution in [-0.2, 0) is 27.2 Å². The van der Waals surface area contributed by atoms with E-state index < -0.39 is 23.3 Å². The number of pyridine rings is 2. The molecular weight excluding hydrogens is 713 g/mol. The molecule has 13 heteroatoms. The number of aromatic hydroxyl groups is 1. The Bertz CT molecular complexity index is 2500. The minimum Gasteiger partial charge on any atom is -0.507 e. The number of fused-ring (bicyclic) bond motifs is 6. The van der Waals surface area contributed by atoms with Crippen LogP contribution in [0.2, 0.25) is 0 Å². The molecule has 2 bridgehead atoms. The van der Waals surface area contributed by atoms with E-state index in [2.05, 4.69) is 26.1 Å². The van der Waals surface area contributed by atoms with E-state index in [1.54, 1.807) is 13.0 Å². The second-order valence-corrected chi connectivity index (χ2v) is 16.8. The highest BCUT2D eigenvalue weighted by molar-refractivity contribution is 6.07. The van der Waals surface area contributed by atoms with Gasteiger partial charge in [0.2, 0.25) is 0 Å². The summed E-state index contributed by atoms with van der Waals surface area (Å²) in [6.07, 6.45) is 9.24. The fourth-order valence-electron chi connectivity index (χ4n) is 10.2. The van der Waals surface area contributed by atoms with Crippen LogP contribution in [0.15, 0.2) is 74.7 Å². The maximum atomic E-state index is 14.5. The third-order valence-electron chi connectivity index (χ3n) is 12.7. The molecule has 4 fully saturated rings. The van der Waals surface area contributed by atoms with E-state index in [9.17, 15) is 14.7 Å². The van der Waals surface area contributed by atoms with Crippen LogP contribution < -0.4 is 21.6 Å². The highest BCUT2D eigenvalue weighted by Crippen LogP contribution is 2.60. The number of ether oxygens (including phenoxy) is 3. The van der Waals surface area contributed by atoms with Gasteiger partial charge in [-0.25, -0.2) is 14.8 Å². The summed E-state index contributed by atoms with van der Waals surface area (Å²) in [7, 11) is 0. The molecular formula is C43H44N6O7. The van der Waals surface area contributed by atoms with Crippen molar-refractivity contribution < 1.29 is 28.5 Å². The van der Waals surface area contributed by atoms with Gasteiger partial charge in [0.05, 0.1) is 36.3 Å². The van der Waals surface area contributed by atoms with E-state index in [-0.39, 0.29) is 46.0 Å². The third-order valence-corrected chi connectivity index (χ3v) is 12.7. The summed E-state index contributed by atoms with van der Waals surface area (Å²) in [5.74, 6) is 0.829. The number of nitrogens with two attached hydrogens (primary N) is 2. The molecule has 1 aliphatic carbocycles. The monoisotopic (exact) mass is 756 g/mol. The van der Waals surface area contributed by atoms with Crippen LogP contribution in [0, 0.1) is 18.8 Å². The van der Waals surface area contributed by atoms with Crippen LogP contribution in [0.3, 0.4) is 0 Å². The zero-order chi connectivity index (χ0) is 38.7. The number of hydrogen-bond acceptors (Lipinski definition) is 13. The number of epoxide rings is 1. The molecule has 9 heterocycles. The van der Waals surface area contributed by atoms with Crippen molar-refractivity contribution in [3.63, 3.8) is 0 Å². The number of aryl methyl sites for hydroxylation is 2. The van der Waals surface area contributed by atoms with Crippen molar-refractivity contribution in [1.29, 1.82) is 0 Å². The maximum Gasteiger partial charge on any atom is 0.341 e. The predicted octanol–water partition coefficient (Wildman–Crippen LogP) is 5.85. The van der Waals surface area contributed by atoms with E-state index in [0.29, 0.717) is 53.8 Å². The molecule has 1 aromatic carbocycles. The van der Waals surface area contributed by atoms with Gasteiger partial charge in [-0.15, -0.1) is 0 Å². The molecule has 1 spiro atoms. The third kappa shape index (κ3) is 5.57. The Balaban J connectivity index is 0.899. The summed E-state index contributed by atoms with van der Waals surface area (Å²) in [4.78, 5) is 43.4. The van der Waals surface area contributed by atoms with Gasteiger partial charge in [-0.2, -0.15) is 0 Å². The van der Waals surface area contributed by atoms with Gasteiger partial charge in [0.15, 0.2) is 11.0 Å². The van der Waals surface area contributed by atoms with Crippen molar-refractivity contribution in [1.82, 2.24) is 14.9 Å². The highest BCUT2D eigenvalue weighted by atomic mass is 16.7. The lowest BCUT2D eigenvalue weighted by Gasteiger charge is -2.47.